The Morgan fingerprint density at radius 1 is 0.909 bits per heavy atom. The predicted molar refractivity (Wildman–Crippen MR) is 140 cm³/mol. The van der Waals surface area contributed by atoms with E-state index in [0.29, 0.717) is 12.1 Å². The number of hydrogen-bond acceptors (Lipinski definition) is 6. The van der Waals surface area contributed by atoms with E-state index in [0.717, 1.165) is 24.3 Å². The number of fused-ring (bicyclic) bond motifs is 3. The van der Waals surface area contributed by atoms with Crippen LogP contribution < -0.4 is 5.73 Å². The highest BCUT2D eigenvalue weighted by Crippen LogP contribution is 2.57. The van der Waals surface area contributed by atoms with Gasteiger partial charge in [-0.15, -0.1) is 0 Å². The molecule has 2 saturated heterocycles. The quantitative estimate of drug-likeness (QED) is 0.384. The minimum absolute atomic E-state index is 0.221. The highest BCUT2D eigenvalue weighted by atomic mass is 32.2. The lowest BCUT2D eigenvalue weighted by molar-refractivity contribution is -0.348. The lowest BCUT2D eigenvalue weighted by atomic mass is 9.76. The minimum Gasteiger partial charge on any atom is -0.336 e. The van der Waals surface area contributed by atoms with Gasteiger partial charge in [-0.2, -0.15) is 26.3 Å². The van der Waals surface area contributed by atoms with E-state index >= 15 is 0 Å². The monoisotopic (exact) mass is 674 g/mol. The Labute approximate surface area is 247 Å². The summed E-state index contributed by atoms with van der Waals surface area (Å²) < 4.78 is 160. The van der Waals surface area contributed by atoms with Gasteiger partial charge in [-0.25, -0.2) is 25.6 Å². The highest BCUT2D eigenvalue weighted by molar-refractivity contribution is 7.92. The molecule has 1 aliphatic carbocycles. The number of amides is 1. The van der Waals surface area contributed by atoms with E-state index in [1.165, 1.54) is 4.90 Å². The van der Waals surface area contributed by atoms with Crippen LogP contribution in [0.4, 0.5) is 35.1 Å². The molecule has 3 aliphatic rings. The number of carbonyl (C=O) groups is 1. The number of likely N-dealkylation sites (tertiary alicyclic amines) is 1. The van der Waals surface area contributed by atoms with E-state index in [1.807, 2.05) is 0 Å². The lowest BCUT2D eigenvalue weighted by Crippen LogP contribution is -2.62. The van der Waals surface area contributed by atoms with Gasteiger partial charge in [0.05, 0.1) is 28.0 Å². The maximum atomic E-state index is 15.0. The van der Waals surface area contributed by atoms with Gasteiger partial charge in [0.1, 0.15) is 20.4 Å². The maximum absolute atomic E-state index is 15.0. The summed E-state index contributed by atoms with van der Waals surface area (Å²) >= 11 is 0. The van der Waals surface area contributed by atoms with Crippen LogP contribution in [0.15, 0.2) is 47.4 Å². The molecule has 2 N–H and O–H groups in total. The average molecular weight is 675 g/mol. The molecule has 5 rings (SSSR count). The number of benzene rings is 2. The van der Waals surface area contributed by atoms with Crippen LogP contribution in [0.5, 0.6) is 0 Å². The first-order valence-electron chi connectivity index (χ1n) is 13.4. The molecule has 0 aromatic heterocycles. The Kier molecular flexibility index (Phi) is 7.49. The van der Waals surface area contributed by atoms with Crippen LogP contribution in [-0.4, -0.2) is 69.6 Å². The van der Waals surface area contributed by atoms with Gasteiger partial charge >= 0.3 is 18.0 Å². The van der Waals surface area contributed by atoms with Crippen LogP contribution in [0.1, 0.15) is 42.4 Å². The van der Waals surface area contributed by atoms with Crippen LogP contribution in [0.3, 0.4) is 0 Å². The summed E-state index contributed by atoms with van der Waals surface area (Å²) in [6.45, 7) is -0.255. The average Bonchev–Trinajstić information content (AvgIpc) is 3.34. The number of hydrogen-bond donors (Lipinski definition) is 1. The van der Waals surface area contributed by atoms with Crippen molar-refractivity contribution in [3.63, 3.8) is 0 Å². The van der Waals surface area contributed by atoms with Crippen LogP contribution in [0.25, 0.3) is 0 Å². The molecule has 2 heterocycles. The molecule has 2 atom stereocenters. The molecule has 44 heavy (non-hydrogen) atoms. The number of aryl methyl sites for hydroxylation is 1. The van der Waals surface area contributed by atoms with E-state index < -0.39 is 76.2 Å². The molecule has 2 aromatic rings. The molecule has 1 amide bonds. The van der Waals surface area contributed by atoms with Crippen molar-refractivity contribution in [3.8, 4) is 0 Å². The summed E-state index contributed by atoms with van der Waals surface area (Å²) in [6, 6.07) is 3.67. The smallest absolute Gasteiger partial charge is 0.336 e. The summed E-state index contributed by atoms with van der Waals surface area (Å²) in [6.07, 6.45) is -14.2. The number of sulfone groups is 2. The summed E-state index contributed by atoms with van der Waals surface area (Å²) in [5.41, 5.74) is -3.36. The zero-order valence-corrected chi connectivity index (χ0v) is 24.3. The fourth-order valence-corrected chi connectivity index (χ4v) is 10.6. The zero-order chi connectivity index (χ0) is 32.7. The van der Waals surface area contributed by atoms with E-state index in [4.69, 9.17) is 5.73 Å². The van der Waals surface area contributed by atoms with Crippen molar-refractivity contribution in [2.45, 2.75) is 71.3 Å². The van der Waals surface area contributed by atoms with Crippen LogP contribution >= 0.6 is 0 Å². The molecule has 242 valence electrons. The van der Waals surface area contributed by atoms with Gasteiger partial charge in [0.2, 0.25) is 5.91 Å². The Hall–Kier alpha value is -2.79. The van der Waals surface area contributed by atoms with Crippen LogP contribution in [0.2, 0.25) is 0 Å². The maximum Gasteiger partial charge on any atom is 0.435 e. The summed E-state index contributed by atoms with van der Waals surface area (Å²) in [4.78, 5) is 14.6. The topological polar surface area (TPSA) is 115 Å². The highest BCUT2D eigenvalue weighted by Gasteiger charge is 2.74. The Balaban J connectivity index is 1.67. The third-order valence-corrected chi connectivity index (χ3v) is 13.3. The molecule has 2 fully saturated rings. The number of alkyl halides is 7. The SMILES string of the molecule is NC1(C(=O)N2CC[C@@]3(S(=O)(=O)c4ccc(F)cc4)c4ccc(C(F)(C(F)(F)F)C(F)(F)F)cc4CC[C@@H]23)CCS(=O)(=O)CC1. The summed E-state index contributed by atoms with van der Waals surface area (Å²) in [7, 11) is -8.12. The van der Waals surface area contributed by atoms with Crippen molar-refractivity contribution < 1.29 is 56.8 Å². The van der Waals surface area contributed by atoms with Crippen molar-refractivity contribution in [2.75, 3.05) is 18.1 Å². The molecular weight excluding hydrogens is 648 g/mol. The van der Waals surface area contributed by atoms with Crippen molar-refractivity contribution >= 4 is 25.6 Å². The van der Waals surface area contributed by atoms with Gasteiger partial charge in [0.25, 0.3) is 0 Å². The van der Waals surface area contributed by atoms with Gasteiger partial charge in [-0.05, 0) is 67.5 Å². The first-order chi connectivity index (χ1) is 20.1. The van der Waals surface area contributed by atoms with Gasteiger partial charge in [-0.3, -0.25) is 4.79 Å². The van der Waals surface area contributed by atoms with E-state index in [9.17, 15) is 56.8 Å². The van der Waals surface area contributed by atoms with E-state index in [-0.39, 0.29) is 67.3 Å². The first kappa shape index (κ1) is 32.6. The van der Waals surface area contributed by atoms with Crippen LogP contribution in [0, 0.1) is 5.82 Å². The van der Waals surface area contributed by atoms with Gasteiger partial charge < -0.3 is 10.6 Å². The Bertz CT molecular complexity index is 1680. The van der Waals surface area contributed by atoms with Gasteiger partial charge in [0, 0.05) is 12.1 Å². The fraction of sp³-hybridized carbons (Fsp3) is 0.519. The molecular formula is C27H26F8N2O5S2. The second kappa shape index (κ2) is 10.1. The predicted octanol–water partition coefficient (Wildman–Crippen LogP) is 4.24. The molecule has 0 unspecified atom stereocenters. The standard InChI is InChI=1S/C27H26F8N2O5S2/c28-18-3-5-19(6-4-18)44(41,42)24-9-12-37(22(38)23(36)10-13-43(39,40)14-11-23)21(24)8-1-16-15-17(2-7-20(16)24)25(29,26(30,31)32)27(33,34)35/h2-7,15,21H,1,8-14,36H2/t21-,24-/m1/s1. The van der Waals surface area contributed by atoms with Gasteiger partial charge in [-0.1, -0.05) is 18.2 Å². The summed E-state index contributed by atoms with van der Waals surface area (Å²) in [5.74, 6) is -2.31. The third kappa shape index (κ3) is 4.71. The molecule has 7 nitrogen and oxygen atoms in total. The molecule has 0 bridgehead atoms. The molecule has 0 saturated carbocycles. The minimum atomic E-state index is -6.39. The second-order valence-electron chi connectivity index (χ2n) is 11.5. The zero-order valence-electron chi connectivity index (χ0n) is 22.7. The molecule has 17 heteroatoms. The Morgan fingerprint density at radius 3 is 2.02 bits per heavy atom. The van der Waals surface area contributed by atoms with Crippen molar-refractivity contribution in [1.82, 2.24) is 4.90 Å². The lowest BCUT2D eigenvalue weighted by Gasteiger charge is -2.45. The van der Waals surface area contributed by atoms with E-state index in [2.05, 4.69) is 0 Å². The number of halogens is 8. The summed E-state index contributed by atoms with van der Waals surface area (Å²) in [5, 5.41) is 0. The normalized spacial score (nSPS) is 25.3. The van der Waals surface area contributed by atoms with Crippen molar-refractivity contribution in [2.24, 2.45) is 5.73 Å². The largest absolute Gasteiger partial charge is 0.435 e. The Morgan fingerprint density at radius 2 is 1.48 bits per heavy atom. The third-order valence-electron chi connectivity index (χ3n) is 9.07. The van der Waals surface area contributed by atoms with E-state index in [1.54, 1.807) is 0 Å². The van der Waals surface area contributed by atoms with Crippen molar-refractivity contribution in [1.29, 1.82) is 0 Å². The molecule has 0 radical (unpaired) electrons. The molecule has 0 spiro atoms. The fourth-order valence-electron chi connectivity index (χ4n) is 6.70. The van der Waals surface area contributed by atoms with Gasteiger partial charge in [0.15, 0.2) is 9.84 Å². The number of nitrogens with two attached hydrogens (primary N) is 1. The molecule has 2 aromatic carbocycles. The van der Waals surface area contributed by atoms with Crippen LogP contribution in [-0.2, 0) is 41.3 Å². The second-order valence-corrected chi connectivity index (χ2v) is 16.0. The number of rotatable bonds is 4. The number of nitrogens with zero attached hydrogens (tertiary/aromatic N) is 1. The van der Waals surface area contributed by atoms with Crippen molar-refractivity contribution in [3.05, 3.63) is 65.0 Å². The first-order valence-corrected chi connectivity index (χ1v) is 16.7. The molecule has 2 aliphatic heterocycles. The number of carbonyl (C=O) groups excluding carboxylic acids is 1.